The molecule has 82 valence electrons. The highest BCUT2D eigenvalue weighted by molar-refractivity contribution is 4.90. The van der Waals surface area contributed by atoms with Gasteiger partial charge in [0.25, 0.3) is 0 Å². The number of hydrogen-bond acceptors (Lipinski definition) is 2. The van der Waals surface area contributed by atoms with Gasteiger partial charge in [0.05, 0.1) is 0 Å². The van der Waals surface area contributed by atoms with Gasteiger partial charge in [-0.05, 0) is 18.8 Å². The molecule has 1 heterocycles. The van der Waals surface area contributed by atoms with Crippen LogP contribution in [0.2, 0.25) is 0 Å². The van der Waals surface area contributed by atoms with Crippen molar-refractivity contribution in [2.75, 3.05) is 19.6 Å². The SMILES string of the molecule is CC(C)CN(C1CCCC1)C1CNC1. The average Bonchev–Trinajstić information content (AvgIpc) is 2.49. The Morgan fingerprint density at radius 2 is 1.79 bits per heavy atom. The predicted octanol–water partition coefficient (Wildman–Crippen LogP) is 1.86. The quantitative estimate of drug-likeness (QED) is 0.738. The van der Waals surface area contributed by atoms with Crippen molar-refractivity contribution >= 4 is 0 Å². The standard InChI is InChI=1S/C12H24N2/c1-10(2)9-14(12-7-13-8-12)11-5-3-4-6-11/h10-13H,3-9H2,1-2H3. The lowest BCUT2D eigenvalue weighted by Gasteiger charge is -2.42. The van der Waals surface area contributed by atoms with Gasteiger partial charge in [-0.2, -0.15) is 0 Å². The molecule has 2 rings (SSSR count). The normalized spacial score (nSPS) is 24.9. The van der Waals surface area contributed by atoms with Crippen LogP contribution in [0.3, 0.4) is 0 Å². The molecule has 2 heteroatoms. The third-order valence-electron chi connectivity index (χ3n) is 3.60. The van der Waals surface area contributed by atoms with Gasteiger partial charge in [-0.25, -0.2) is 0 Å². The lowest BCUT2D eigenvalue weighted by Crippen LogP contribution is -2.60. The third kappa shape index (κ3) is 2.29. The van der Waals surface area contributed by atoms with E-state index in [1.807, 2.05) is 0 Å². The highest BCUT2D eigenvalue weighted by Crippen LogP contribution is 2.26. The van der Waals surface area contributed by atoms with Crippen LogP contribution in [-0.2, 0) is 0 Å². The molecule has 14 heavy (non-hydrogen) atoms. The zero-order chi connectivity index (χ0) is 9.97. The van der Waals surface area contributed by atoms with Crippen molar-refractivity contribution in [1.29, 1.82) is 0 Å². The van der Waals surface area contributed by atoms with Crippen molar-refractivity contribution in [1.82, 2.24) is 10.2 Å². The monoisotopic (exact) mass is 196 g/mol. The van der Waals surface area contributed by atoms with Crippen molar-refractivity contribution in [3.05, 3.63) is 0 Å². The molecule has 1 saturated carbocycles. The van der Waals surface area contributed by atoms with Gasteiger partial charge in [0, 0.05) is 31.7 Å². The van der Waals surface area contributed by atoms with Gasteiger partial charge in [-0.1, -0.05) is 26.7 Å². The Balaban J connectivity index is 1.89. The maximum atomic E-state index is 3.40. The Morgan fingerprint density at radius 3 is 2.21 bits per heavy atom. The van der Waals surface area contributed by atoms with Gasteiger partial charge in [0.2, 0.25) is 0 Å². The molecule has 2 fully saturated rings. The third-order valence-corrected chi connectivity index (χ3v) is 3.60. The largest absolute Gasteiger partial charge is 0.314 e. The van der Waals surface area contributed by atoms with Crippen molar-refractivity contribution in [3.63, 3.8) is 0 Å². The van der Waals surface area contributed by atoms with Crippen LogP contribution in [0, 0.1) is 5.92 Å². The van der Waals surface area contributed by atoms with E-state index in [1.54, 1.807) is 0 Å². The minimum Gasteiger partial charge on any atom is -0.314 e. The van der Waals surface area contributed by atoms with Crippen molar-refractivity contribution in [2.45, 2.75) is 51.6 Å². The van der Waals surface area contributed by atoms with Crippen LogP contribution >= 0.6 is 0 Å². The maximum Gasteiger partial charge on any atom is 0.0348 e. The fourth-order valence-corrected chi connectivity index (χ4v) is 2.76. The Hall–Kier alpha value is -0.0800. The summed E-state index contributed by atoms with van der Waals surface area (Å²) in [5, 5.41) is 3.40. The molecular formula is C12H24N2. The summed E-state index contributed by atoms with van der Waals surface area (Å²) in [6.45, 7) is 8.44. The van der Waals surface area contributed by atoms with Gasteiger partial charge in [-0.3, -0.25) is 4.90 Å². The van der Waals surface area contributed by atoms with Crippen LogP contribution in [0.4, 0.5) is 0 Å². The highest BCUT2D eigenvalue weighted by atomic mass is 15.3. The fraction of sp³-hybridized carbons (Fsp3) is 1.00. The van der Waals surface area contributed by atoms with E-state index in [0.717, 1.165) is 18.0 Å². The number of hydrogen-bond donors (Lipinski definition) is 1. The molecule has 0 radical (unpaired) electrons. The van der Waals surface area contributed by atoms with Crippen LogP contribution < -0.4 is 5.32 Å². The molecule has 0 aromatic rings. The minimum absolute atomic E-state index is 0.816. The van der Waals surface area contributed by atoms with Gasteiger partial charge in [0.1, 0.15) is 0 Å². The zero-order valence-corrected chi connectivity index (χ0v) is 9.63. The lowest BCUT2D eigenvalue weighted by atomic mass is 10.0. The average molecular weight is 196 g/mol. The molecule has 1 aliphatic carbocycles. The second kappa shape index (κ2) is 4.63. The van der Waals surface area contributed by atoms with Crippen LogP contribution in [-0.4, -0.2) is 36.6 Å². The summed E-state index contributed by atoms with van der Waals surface area (Å²) in [5.74, 6) is 0.816. The maximum absolute atomic E-state index is 3.40. The molecule has 0 amide bonds. The number of nitrogens with zero attached hydrogens (tertiary/aromatic N) is 1. The lowest BCUT2D eigenvalue weighted by molar-refractivity contribution is 0.0837. The van der Waals surface area contributed by atoms with Crippen LogP contribution in [0.15, 0.2) is 0 Å². The first-order chi connectivity index (χ1) is 6.77. The van der Waals surface area contributed by atoms with Gasteiger partial charge in [0.15, 0.2) is 0 Å². The summed E-state index contributed by atoms with van der Waals surface area (Å²) in [5.41, 5.74) is 0. The van der Waals surface area contributed by atoms with Crippen LogP contribution in [0.5, 0.6) is 0 Å². The molecule has 0 unspecified atom stereocenters. The highest BCUT2D eigenvalue weighted by Gasteiger charge is 2.31. The van der Waals surface area contributed by atoms with Gasteiger partial charge >= 0.3 is 0 Å². The summed E-state index contributed by atoms with van der Waals surface area (Å²) >= 11 is 0. The summed E-state index contributed by atoms with van der Waals surface area (Å²) in [6, 6.07) is 1.75. The predicted molar refractivity (Wildman–Crippen MR) is 60.5 cm³/mol. The Labute approximate surface area is 88.1 Å². The number of nitrogens with one attached hydrogen (secondary N) is 1. The fourth-order valence-electron chi connectivity index (χ4n) is 2.76. The molecule has 1 aliphatic heterocycles. The van der Waals surface area contributed by atoms with Crippen molar-refractivity contribution in [3.8, 4) is 0 Å². The van der Waals surface area contributed by atoms with E-state index < -0.39 is 0 Å². The Morgan fingerprint density at radius 1 is 1.14 bits per heavy atom. The number of rotatable bonds is 4. The molecular weight excluding hydrogens is 172 g/mol. The van der Waals surface area contributed by atoms with Crippen molar-refractivity contribution in [2.24, 2.45) is 5.92 Å². The molecule has 1 saturated heterocycles. The van der Waals surface area contributed by atoms with Crippen LogP contribution in [0.1, 0.15) is 39.5 Å². The van der Waals surface area contributed by atoms with E-state index in [0.29, 0.717) is 0 Å². The Bertz CT molecular complexity index is 169. The zero-order valence-electron chi connectivity index (χ0n) is 9.63. The van der Waals surface area contributed by atoms with Gasteiger partial charge < -0.3 is 5.32 Å². The van der Waals surface area contributed by atoms with E-state index >= 15 is 0 Å². The molecule has 2 nitrogen and oxygen atoms in total. The summed E-state index contributed by atoms with van der Waals surface area (Å²) in [7, 11) is 0. The molecule has 0 aromatic carbocycles. The smallest absolute Gasteiger partial charge is 0.0348 e. The molecule has 0 atom stereocenters. The molecule has 1 N–H and O–H groups in total. The summed E-state index contributed by atoms with van der Waals surface area (Å²) in [4.78, 5) is 2.79. The second-order valence-electron chi connectivity index (χ2n) is 5.34. The van der Waals surface area contributed by atoms with Crippen LogP contribution in [0.25, 0.3) is 0 Å². The molecule has 0 spiro atoms. The van der Waals surface area contributed by atoms with E-state index in [1.165, 1.54) is 45.3 Å². The summed E-state index contributed by atoms with van der Waals surface area (Å²) < 4.78 is 0. The Kier molecular flexibility index (Phi) is 3.45. The van der Waals surface area contributed by atoms with E-state index in [2.05, 4.69) is 24.1 Å². The van der Waals surface area contributed by atoms with Gasteiger partial charge in [-0.15, -0.1) is 0 Å². The molecule has 0 aromatic heterocycles. The first kappa shape index (κ1) is 10.4. The summed E-state index contributed by atoms with van der Waals surface area (Å²) in [6.07, 6.45) is 5.81. The first-order valence-corrected chi connectivity index (χ1v) is 6.24. The molecule has 2 aliphatic rings. The second-order valence-corrected chi connectivity index (χ2v) is 5.34. The minimum atomic E-state index is 0.816. The topological polar surface area (TPSA) is 15.3 Å². The molecule has 0 bridgehead atoms. The van der Waals surface area contributed by atoms with E-state index in [9.17, 15) is 0 Å². The van der Waals surface area contributed by atoms with Crippen molar-refractivity contribution < 1.29 is 0 Å². The van der Waals surface area contributed by atoms with E-state index in [-0.39, 0.29) is 0 Å². The van der Waals surface area contributed by atoms with E-state index in [4.69, 9.17) is 0 Å². The first-order valence-electron chi connectivity index (χ1n) is 6.24.